The summed E-state index contributed by atoms with van der Waals surface area (Å²) in [5.41, 5.74) is -1.71. The third-order valence-electron chi connectivity index (χ3n) is 5.86. The molecule has 1 fully saturated rings. The topological polar surface area (TPSA) is 85.5 Å². The number of ether oxygens (including phenoxy) is 1. The molecule has 0 spiro atoms. The van der Waals surface area contributed by atoms with Gasteiger partial charge in [-0.25, -0.2) is 14.1 Å². The quantitative estimate of drug-likeness (QED) is 0.502. The molecule has 2 aromatic heterocycles. The number of alkyl halides is 3. The van der Waals surface area contributed by atoms with E-state index in [0.717, 1.165) is 18.2 Å². The number of rotatable bonds is 3. The average Bonchev–Trinajstić information content (AvgIpc) is 3.17. The van der Waals surface area contributed by atoms with E-state index in [9.17, 15) is 22.4 Å². The Morgan fingerprint density at radius 2 is 1.97 bits per heavy atom. The van der Waals surface area contributed by atoms with E-state index >= 15 is 0 Å². The smallest absolute Gasteiger partial charge is 0.378 e. The first-order valence-corrected chi connectivity index (χ1v) is 10.9. The fourth-order valence-electron chi connectivity index (χ4n) is 4.00. The maximum Gasteiger partial charge on any atom is 0.417 e. The number of hydrogen-bond donors (Lipinski definition) is 0. The van der Waals surface area contributed by atoms with Crippen LogP contribution in [0.4, 0.5) is 17.6 Å². The summed E-state index contributed by atoms with van der Waals surface area (Å²) in [7, 11) is 1.54. The average molecular weight is 509 g/mol. The second-order valence-corrected chi connectivity index (χ2v) is 8.46. The van der Waals surface area contributed by atoms with Crippen LogP contribution < -0.4 is 0 Å². The Balaban J connectivity index is 1.70. The van der Waals surface area contributed by atoms with Crippen molar-refractivity contribution in [2.75, 3.05) is 20.2 Å². The van der Waals surface area contributed by atoms with Crippen molar-refractivity contribution in [1.29, 1.82) is 0 Å². The number of amides is 1. The molecule has 3 aromatic rings. The maximum atomic E-state index is 14.7. The highest BCUT2D eigenvalue weighted by Crippen LogP contribution is 2.41. The van der Waals surface area contributed by atoms with Gasteiger partial charge in [0.15, 0.2) is 11.6 Å². The first-order chi connectivity index (χ1) is 16.6. The van der Waals surface area contributed by atoms with Crippen LogP contribution in [0, 0.1) is 5.82 Å². The molecule has 2 aliphatic heterocycles. The van der Waals surface area contributed by atoms with Crippen molar-refractivity contribution in [3.8, 4) is 5.69 Å². The molecular weight excluding hydrogens is 492 g/mol. The Bertz CT molecular complexity index is 1370. The Kier molecular flexibility index (Phi) is 5.59. The largest absolute Gasteiger partial charge is 0.417 e. The lowest BCUT2D eigenvalue weighted by atomic mass is 10.0. The molecule has 1 atom stereocenters. The normalized spacial score (nSPS) is 17.9. The minimum atomic E-state index is -4.78. The molecule has 0 bridgehead atoms. The zero-order valence-corrected chi connectivity index (χ0v) is 19.1. The van der Waals surface area contributed by atoms with E-state index in [0.29, 0.717) is 13.1 Å². The van der Waals surface area contributed by atoms with Crippen molar-refractivity contribution >= 4 is 23.2 Å². The second-order valence-electron chi connectivity index (χ2n) is 8.08. The van der Waals surface area contributed by atoms with Crippen molar-refractivity contribution in [3.63, 3.8) is 0 Å². The molecule has 8 nitrogen and oxygen atoms in total. The summed E-state index contributed by atoms with van der Waals surface area (Å²) < 4.78 is 62.2. The number of carbonyl (C=O) groups is 1. The SMILES string of the molecule is COC1CN(C(=O)c2nc3n(n2)-c2ccc(C(F)(F)F)c(Cl)c2C(c2ncccc2F)=N[C@H]3C)C1. The van der Waals surface area contributed by atoms with Crippen molar-refractivity contribution in [2.24, 2.45) is 4.99 Å². The minimum Gasteiger partial charge on any atom is -0.378 e. The molecule has 0 N–H and O–H groups in total. The van der Waals surface area contributed by atoms with Crippen molar-refractivity contribution in [1.82, 2.24) is 24.6 Å². The van der Waals surface area contributed by atoms with Crippen LogP contribution in [-0.4, -0.2) is 62.6 Å². The first kappa shape index (κ1) is 23.4. The summed E-state index contributed by atoms with van der Waals surface area (Å²) in [5, 5.41) is 3.60. The predicted octanol–water partition coefficient (Wildman–Crippen LogP) is 3.86. The first-order valence-electron chi connectivity index (χ1n) is 10.5. The van der Waals surface area contributed by atoms with Gasteiger partial charge in [-0.05, 0) is 31.2 Å². The molecule has 13 heteroatoms. The molecule has 0 radical (unpaired) electrons. The number of nitrogens with zero attached hydrogens (tertiary/aromatic N) is 6. The van der Waals surface area contributed by atoms with E-state index in [1.807, 2.05) is 0 Å². The number of aliphatic imine (C=N–C) groups is 1. The van der Waals surface area contributed by atoms with E-state index in [1.54, 1.807) is 14.0 Å². The number of methoxy groups -OCH3 is 1. The van der Waals surface area contributed by atoms with Crippen LogP contribution in [0.2, 0.25) is 5.02 Å². The molecule has 1 saturated heterocycles. The Hall–Kier alpha value is -3.38. The van der Waals surface area contributed by atoms with Crippen LogP contribution in [0.25, 0.3) is 5.69 Å². The Morgan fingerprint density at radius 3 is 2.63 bits per heavy atom. The molecular formula is C22H17ClF4N6O2. The predicted molar refractivity (Wildman–Crippen MR) is 116 cm³/mol. The van der Waals surface area contributed by atoms with Crippen molar-refractivity contribution in [3.05, 3.63) is 69.8 Å². The molecule has 0 saturated carbocycles. The molecule has 5 rings (SSSR count). The highest BCUT2D eigenvalue weighted by Gasteiger charge is 2.39. The van der Waals surface area contributed by atoms with E-state index in [-0.39, 0.29) is 40.4 Å². The van der Waals surface area contributed by atoms with Gasteiger partial charge in [-0.3, -0.25) is 14.8 Å². The lowest BCUT2D eigenvalue weighted by molar-refractivity contribution is -0.137. The fourth-order valence-corrected chi connectivity index (χ4v) is 4.36. The standard InChI is InChI=1S/C22H17ClF4N6O2/c1-10-20-30-19(21(34)32-8-11(9-32)35-2)31-33(20)14-6-5-12(22(25,26)27)16(23)15(14)18(29-10)17-13(24)4-3-7-28-17/h3-7,10-11H,8-9H2,1-2H3/t10-/m0/s1. The molecule has 1 aromatic carbocycles. The van der Waals surface area contributed by atoms with Crippen LogP contribution >= 0.6 is 11.6 Å². The Labute approximate surface area is 201 Å². The summed E-state index contributed by atoms with van der Waals surface area (Å²) in [5.74, 6) is -1.20. The van der Waals surface area contributed by atoms with Gasteiger partial charge in [-0.15, -0.1) is 5.10 Å². The fraction of sp³-hybridized carbons (Fsp3) is 0.318. The monoisotopic (exact) mass is 508 g/mol. The van der Waals surface area contributed by atoms with Gasteiger partial charge in [-0.2, -0.15) is 13.2 Å². The van der Waals surface area contributed by atoms with E-state index in [2.05, 4.69) is 20.1 Å². The van der Waals surface area contributed by atoms with Crippen molar-refractivity contribution in [2.45, 2.75) is 25.2 Å². The number of fused-ring (bicyclic) bond motifs is 3. The number of aromatic nitrogens is 4. The van der Waals surface area contributed by atoms with Gasteiger partial charge in [0.1, 0.15) is 11.7 Å². The zero-order chi connectivity index (χ0) is 25.1. The van der Waals surface area contributed by atoms with Gasteiger partial charge >= 0.3 is 6.18 Å². The maximum absolute atomic E-state index is 14.7. The van der Waals surface area contributed by atoms with E-state index < -0.39 is 34.5 Å². The van der Waals surface area contributed by atoms with Gasteiger partial charge in [0.05, 0.1) is 28.1 Å². The number of carbonyl (C=O) groups excluding carboxylic acids is 1. The summed E-state index contributed by atoms with van der Waals surface area (Å²) in [4.78, 5) is 27.1. The summed E-state index contributed by atoms with van der Waals surface area (Å²) in [6, 6.07) is 3.60. The Morgan fingerprint density at radius 1 is 1.23 bits per heavy atom. The number of benzene rings is 1. The van der Waals surface area contributed by atoms with Crippen LogP contribution in [0.15, 0.2) is 35.5 Å². The van der Waals surface area contributed by atoms with Crippen LogP contribution in [0.3, 0.4) is 0 Å². The minimum absolute atomic E-state index is 0.0658. The van der Waals surface area contributed by atoms with Crippen LogP contribution in [0.1, 0.15) is 46.2 Å². The number of likely N-dealkylation sites (tertiary alicyclic amines) is 1. The van der Waals surface area contributed by atoms with Gasteiger partial charge in [-0.1, -0.05) is 11.6 Å². The lowest BCUT2D eigenvalue weighted by Gasteiger charge is -2.37. The molecule has 0 aliphatic carbocycles. The summed E-state index contributed by atoms with van der Waals surface area (Å²) in [6.45, 7) is 2.34. The number of hydrogen-bond acceptors (Lipinski definition) is 6. The van der Waals surface area contributed by atoms with Crippen LogP contribution in [-0.2, 0) is 10.9 Å². The number of halogens is 5. The van der Waals surface area contributed by atoms with Gasteiger partial charge < -0.3 is 9.64 Å². The van der Waals surface area contributed by atoms with Gasteiger partial charge in [0.25, 0.3) is 5.91 Å². The van der Waals surface area contributed by atoms with E-state index in [4.69, 9.17) is 16.3 Å². The third kappa shape index (κ3) is 3.86. The number of pyridine rings is 1. The third-order valence-corrected chi connectivity index (χ3v) is 6.25. The highest BCUT2D eigenvalue weighted by atomic mass is 35.5. The molecule has 182 valence electrons. The molecule has 1 amide bonds. The molecule has 2 aliphatic rings. The lowest BCUT2D eigenvalue weighted by Crippen LogP contribution is -2.54. The van der Waals surface area contributed by atoms with Gasteiger partial charge in [0, 0.05) is 32.0 Å². The van der Waals surface area contributed by atoms with Crippen molar-refractivity contribution < 1.29 is 27.1 Å². The highest BCUT2D eigenvalue weighted by molar-refractivity contribution is 6.37. The van der Waals surface area contributed by atoms with E-state index in [1.165, 1.54) is 21.8 Å². The molecule has 4 heterocycles. The zero-order valence-electron chi connectivity index (χ0n) is 18.3. The molecule has 0 unspecified atom stereocenters. The summed E-state index contributed by atoms with van der Waals surface area (Å²) >= 11 is 6.28. The van der Waals surface area contributed by atoms with Crippen LogP contribution in [0.5, 0.6) is 0 Å². The van der Waals surface area contributed by atoms with Gasteiger partial charge in [0.2, 0.25) is 5.82 Å². The summed E-state index contributed by atoms with van der Waals surface area (Å²) in [6.07, 6.45) is -3.57. The molecule has 35 heavy (non-hydrogen) atoms. The second kappa shape index (κ2) is 8.38.